The van der Waals surface area contributed by atoms with Crippen molar-refractivity contribution in [1.29, 1.82) is 0 Å². The van der Waals surface area contributed by atoms with E-state index in [1.807, 2.05) is 0 Å². The summed E-state index contributed by atoms with van der Waals surface area (Å²) in [4.78, 5) is 7.37. The van der Waals surface area contributed by atoms with Crippen LogP contribution < -0.4 is 0 Å². The summed E-state index contributed by atoms with van der Waals surface area (Å²) in [5.41, 5.74) is 9.26. The van der Waals surface area contributed by atoms with Crippen LogP contribution in [0.2, 0.25) is 0 Å². The van der Waals surface area contributed by atoms with Gasteiger partial charge in [-0.15, -0.1) is 0 Å². The molecule has 2 N–H and O–H groups in total. The van der Waals surface area contributed by atoms with Gasteiger partial charge in [0.2, 0.25) is 0 Å². The SMILES string of the molecule is Brc1ccc(C2c3c([nH]c4ccccc34)Cc3[nH]c4ccccc4c32)cc1. The van der Waals surface area contributed by atoms with E-state index in [4.69, 9.17) is 0 Å². The molecule has 0 saturated heterocycles. The highest BCUT2D eigenvalue weighted by Crippen LogP contribution is 2.46. The first-order valence-electron chi connectivity index (χ1n) is 9.24. The molecule has 0 unspecified atom stereocenters. The number of halogens is 1. The van der Waals surface area contributed by atoms with Gasteiger partial charge in [0, 0.05) is 50.0 Å². The van der Waals surface area contributed by atoms with Gasteiger partial charge >= 0.3 is 0 Å². The van der Waals surface area contributed by atoms with Gasteiger partial charge in [-0.25, -0.2) is 0 Å². The maximum absolute atomic E-state index is 3.68. The molecule has 0 fully saturated rings. The molecule has 27 heavy (non-hydrogen) atoms. The van der Waals surface area contributed by atoms with Crippen LogP contribution in [0.5, 0.6) is 0 Å². The monoisotopic (exact) mass is 412 g/mol. The van der Waals surface area contributed by atoms with Gasteiger partial charge in [-0.1, -0.05) is 64.5 Å². The van der Waals surface area contributed by atoms with Crippen molar-refractivity contribution < 1.29 is 0 Å². The van der Waals surface area contributed by atoms with E-state index in [2.05, 4.69) is 98.7 Å². The number of fused-ring (bicyclic) bond motifs is 6. The summed E-state index contributed by atoms with van der Waals surface area (Å²) in [6.45, 7) is 0. The van der Waals surface area contributed by atoms with Crippen molar-refractivity contribution in [2.24, 2.45) is 0 Å². The summed E-state index contributed by atoms with van der Waals surface area (Å²) < 4.78 is 1.11. The molecule has 1 aliphatic carbocycles. The Morgan fingerprint density at radius 2 is 1.19 bits per heavy atom. The molecule has 0 spiro atoms. The molecule has 0 atom stereocenters. The summed E-state index contributed by atoms with van der Waals surface area (Å²) >= 11 is 3.59. The number of H-pyrrole nitrogens is 2. The van der Waals surface area contributed by atoms with Crippen molar-refractivity contribution in [2.45, 2.75) is 12.3 Å². The highest BCUT2D eigenvalue weighted by atomic mass is 79.9. The van der Waals surface area contributed by atoms with Gasteiger partial charge in [0.05, 0.1) is 0 Å². The van der Waals surface area contributed by atoms with E-state index in [-0.39, 0.29) is 5.92 Å². The lowest BCUT2D eigenvalue weighted by Crippen LogP contribution is -2.13. The van der Waals surface area contributed by atoms with Gasteiger partial charge < -0.3 is 9.97 Å². The molecule has 5 aromatic rings. The highest BCUT2D eigenvalue weighted by molar-refractivity contribution is 9.10. The van der Waals surface area contributed by atoms with E-state index in [0.717, 1.165) is 10.9 Å². The summed E-state index contributed by atoms with van der Waals surface area (Å²) in [5.74, 6) is 0.226. The number of rotatable bonds is 1. The summed E-state index contributed by atoms with van der Waals surface area (Å²) in [6, 6.07) is 26.1. The third kappa shape index (κ3) is 2.18. The minimum atomic E-state index is 0.226. The molecule has 0 bridgehead atoms. The van der Waals surface area contributed by atoms with Crippen LogP contribution in [0, 0.1) is 0 Å². The third-order valence-electron chi connectivity index (χ3n) is 5.79. The average Bonchev–Trinajstić information content (AvgIpc) is 3.24. The molecule has 6 rings (SSSR count). The maximum Gasteiger partial charge on any atom is 0.0459 e. The Labute approximate surface area is 165 Å². The van der Waals surface area contributed by atoms with Crippen LogP contribution >= 0.6 is 15.9 Å². The van der Waals surface area contributed by atoms with Crippen molar-refractivity contribution in [1.82, 2.24) is 9.97 Å². The molecule has 2 nitrogen and oxygen atoms in total. The lowest BCUT2D eigenvalue weighted by Gasteiger charge is -2.25. The van der Waals surface area contributed by atoms with E-state index >= 15 is 0 Å². The zero-order valence-electron chi connectivity index (χ0n) is 14.6. The summed E-state index contributed by atoms with van der Waals surface area (Å²) in [7, 11) is 0. The van der Waals surface area contributed by atoms with Crippen LogP contribution in [0.15, 0.2) is 77.3 Å². The summed E-state index contributed by atoms with van der Waals surface area (Å²) in [6.07, 6.45) is 0.918. The maximum atomic E-state index is 3.68. The predicted octanol–water partition coefficient (Wildman–Crippen LogP) is 6.50. The van der Waals surface area contributed by atoms with Gasteiger partial charge in [-0.3, -0.25) is 0 Å². The second-order valence-electron chi connectivity index (χ2n) is 7.29. The smallest absolute Gasteiger partial charge is 0.0459 e. The highest BCUT2D eigenvalue weighted by Gasteiger charge is 2.32. The van der Waals surface area contributed by atoms with Crippen LogP contribution in [0.1, 0.15) is 34.0 Å². The molecule has 0 saturated carbocycles. The van der Waals surface area contributed by atoms with E-state index in [1.165, 1.54) is 49.9 Å². The minimum absolute atomic E-state index is 0.226. The fourth-order valence-electron chi connectivity index (χ4n) is 4.69. The van der Waals surface area contributed by atoms with Crippen LogP contribution in [0.4, 0.5) is 0 Å². The van der Waals surface area contributed by atoms with Crippen molar-refractivity contribution in [2.75, 3.05) is 0 Å². The largest absolute Gasteiger partial charge is 0.358 e. The fourth-order valence-corrected chi connectivity index (χ4v) is 4.95. The lowest BCUT2D eigenvalue weighted by atomic mass is 9.78. The Balaban J connectivity index is 1.72. The minimum Gasteiger partial charge on any atom is -0.358 e. The lowest BCUT2D eigenvalue weighted by molar-refractivity contribution is 0.875. The van der Waals surface area contributed by atoms with E-state index in [0.29, 0.717) is 0 Å². The number of aromatic nitrogens is 2. The quantitative estimate of drug-likeness (QED) is 0.309. The number of benzene rings is 3. The number of nitrogens with one attached hydrogen (secondary N) is 2. The molecule has 130 valence electrons. The zero-order chi connectivity index (χ0) is 18.0. The van der Waals surface area contributed by atoms with Gasteiger partial charge in [-0.05, 0) is 41.0 Å². The Kier molecular flexibility index (Phi) is 3.18. The summed E-state index contributed by atoms with van der Waals surface area (Å²) in [5, 5.41) is 2.66. The molecular formula is C24H17BrN2. The molecule has 3 heteroatoms. The van der Waals surface area contributed by atoms with Crippen molar-refractivity contribution >= 4 is 37.7 Å². The first-order valence-corrected chi connectivity index (χ1v) is 10.0. The molecule has 0 aliphatic heterocycles. The van der Waals surface area contributed by atoms with Crippen LogP contribution in [-0.2, 0) is 6.42 Å². The number of para-hydroxylation sites is 2. The van der Waals surface area contributed by atoms with Crippen molar-refractivity contribution in [3.8, 4) is 0 Å². The average molecular weight is 413 g/mol. The standard InChI is InChI=1S/C24H17BrN2/c25-15-11-9-14(10-12-15)22-23-16-5-1-3-7-18(16)26-20(23)13-21-24(22)17-6-2-4-8-19(17)27-21/h1-12,22,26-27H,13H2. The zero-order valence-corrected chi connectivity index (χ0v) is 16.2. The molecule has 2 aromatic heterocycles. The second-order valence-corrected chi connectivity index (χ2v) is 8.20. The second kappa shape index (κ2) is 5.61. The normalized spacial score (nSPS) is 13.8. The van der Waals surface area contributed by atoms with Crippen LogP contribution in [-0.4, -0.2) is 9.97 Å². The van der Waals surface area contributed by atoms with E-state index in [1.54, 1.807) is 0 Å². The number of hydrogen-bond acceptors (Lipinski definition) is 0. The Morgan fingerprint density at radius 3 is 1.74 bits per heavy atom. The van der Waals surface area contributed by atoms with Crippen molar-refractivity contribution in [3.05, 3.63) is 105 Å². The molecule has 2 heterocycles. The molecule has 0 amide bonds. The van der Waals surface area contributed by atoms with Gasteiger partial charge in [0.1, 0.15) is 0 Å². The first kappa shape index (κ1) is 15.3. The van der Waals surface area contributed by atoms with Crippen molar-refractivity contribution in [3.63, 3.8) is 0 Å². The van der Waals surface area contributed by atoms with Crippen LogP contribution in [0.25, 0.3) is 21.8 Å². The fraction of sp³-hybridized carbons (Fsp3) is 0.0833. The first-order chi connectivity index (χ1) is 13.3. The Morgan fingerprint density at radius 1 is 0.667 bits per heavy atom. The number of aromatic amines is 2. The molecule has 0 radical (unpaired) electrons. The Hall–Kier alpha value is -2.78. The molecule has 1 aliphatic rings. The topological polar surface area (TPSA) is 31.6 Å². The van der Waals surface area contributed by atoms with Gasteiger partial charge in [0.25, 0.3) is 0 Å². The van der Waals surface area contributed by atoms with Gasteiger partial charge in [-0.2, -0.15) is 0 Å². The van der Waals surface area contributed by atoms with E-state index < -0.39 is 0 Å². The van der Waals surface area contributed by atoms with Crippen LogP contribution in [0.3, 0.4) is 0 Å². The third-order valence-corrected chi connectivity index (χ3v) is 6.32. The Bertz CT molecular complexity index is 1230. The molecule has 3 aromatic carbocycles. The van der Waals surface area contributed by atoms with Gasteiger partial charge in [0.15, 0.2) is 0 Å². The predicted molar refractivity (Wildman–Crippen MR) is 114 cm³/mol. The molecular weight excluding hydrogens is 396 g/mol. The van der Waals surface area contributed by atoms with E-state index in [9.17, 15) is 0 Å². The number of hydrogen-bond donors (Lipinski definition) is 2.